The molecule has 1 saturated carbocycles. The van der Waals surface area contributed by atoms with E-state index in [1.807, 2.05) is 0 Å². The molecule has 1 aliphatic carbocycles. The number of nitrogens with one attached hydrogen (secondary N) is 1. The van der Waals surface area contributed by atoms with Crippen LogP contribution in [-0.4, -0.2) is 52.2 Å². The van der Waals surface area contributed by atoms with E-state index in [-0.39, 0.29) is 24.9 Å². The van der Waals surface area contributed by atoms with Gasteiger partial charge < -0.3 is 15.2 Å². The van der Waals surface area contributed by atoms with Crippen molar-refractivity contribution in [3.05, 3.63) is 23.8 Å². The lowest BCUT2D eigenvalue weighted by atomic mass is 10.1. The third kappa shape index (κ3) is 6.73. The van der Waals surface area contributed by atoms with Gasteiger partial charge in [0.25, 0.3) is 0 Å². The third-order valence-electron chi connectivity index (χ3n) is 4.68. The Morgan fingerprint density at radius 1 is 1.26 bits per heavy atom. The number of rotatable bonds is 4. The minimum Gasteiger partial charge on any atom is -0.480 e. The lowest BCUT2D eigenvalue weighted by molar-refractivity contribution is -0.143. The zero-order valence-corrected chi connectivity index (χ0v) is 16.4. The van der Waals surface area contributed by atoms with Crippen molar-refractivity contribution in [1.29, 1.82) is 0 Å². The predicted octanol–water partition coefficient (Wildman–Crippen LogP) is 3.01. The number of carboxylic acid groups (broad SMARTS) is 1. The summed E-state index contributed by atoms with van der Waals surface area (Å²) in [6.45, 7) is 5.46. The van der Waals surface area contributed by atoms with Gasteiger partial charge in [0.2, 0.25) is 5.91 Å². The van der Waals surface area contributed by atoms with E-state index >= 15 is 0 Å². The first-order valence-corrected chi connectivity index (χ1v) is 9.56. The van der Waals surface area contributed by atoms with Gasteiger partial charge >= 0.3 is 12.1 Å². The number of ether oxygens (including phenoxy) is 1. The first kappa shape index (κ1) is 21.0. The van der Waals surface area contributed by atoms with E-state index in [0.717, 1.165) is 31.3 Å². The number of aliphatic carboxylic acids is 1. The van der Waals surface area contributed by atoms with Crippen molar-refractivity contribution >= 4 is 18.0 Å². The van der Waals surface area contributed by atoms with Crippen LogP contribution in [0.1, 0.15) is 59.3 Å². The number of hydrogen-bond donors (Lipinski definition) is 2. The molecule has 0 unspecified atom stereocenters. The fourth-order valence-corrected chi connectivity index (χ4v) is 3.32. The minimum absolute atomic E-state index is 0.133. The van der Waals surface area contributed by atoms with Crippen LogP contribution in [0.4, 0.5) is 4.79 Å². The van der Waals surface area contributed by atoms with E-state index in [4.69, 9.17) is 4.74 Å². The van der Waals surface area contributed by atoms with Crippen LogP contribution < -0.4 is 5.32 Å². The highest BCUT2D eigenvalue weighted by Crippen LogP contribution is 2.21. The van der Waals surface area contributed by atoms with Crippen LogP contribution in [0.5, 0.6) is 0 Å². The Bertz CT molecular complexity index is 627. The van der Waals surface area contributed by atoms with Gasteiger partial charge in [-0.1, -0.05) is 25.0 Å². The molecular weight excluding hydrogens is 348 g/mol. The van der Waals surface area contributed by atoms with Gasteiger partial charge in [0.05, 0.1) is 0 Å². The zero-order chi connectivity index (χ0) is 20.0. The molecule has 1 heterocycles. The largest absolute Gasteiger partial charge is 0.480 e. The molecule has 1 aliphatic heterocycles. The molecule has 2 rings (SSSR count). The van der Waals surface area contributed by atoms with E-state index < -0.39 is 23.7 Å². The van der Waals surface area contributed by atoms with Crippen molar-refractivity contribution in [1.82, 2.24) is 10.2 Å². The minimum atomic E-state index is -1.07. The molecule has 0 bridgehead atoms. The number of hydrogen-bond acceptors (Lipinski definition) is 4. The summed E-state index contributed by atoms with van der Waals surface area (Å²) in [5, 5.41) is 12.5. The van der Waals surface area contributed by atoms with E-state index in [2.05, 4.69) is 5.32 Å². The van der Waals surface area contributed by atoms with Crippen LogP contribution in [-0.2, 0) is 14.3 Å². The van der Waals surface area contributed by atoms with Gasteiger partial charge in [0.15, 0.2) is 0 Å². The SMILES string of the molecule is CC(C)(C)OC(=O)N1CCC(C=CC(=O)NC2CCCC2)=CC[C@H]1C(=O)O. The van der Waals surface area contributed by atoms with Crippen molar-refractivity contribution in [3.63, 3.8) is 0 Å². The van der Waals surface area contributed by atoms with Crippen molar-refractivity contribution in [2.45, 2.75) is 77.0 Å². The highest BCUT2D eigenvalue weighted by molar-refractivity contribution is 5.88. The molecule has 1 atom stereocenters. The third-order valence-corrected chi connectivity index (χ3v) is 4.68. The number of allylic oxidation sites excluding steroid dienone is 1. The summed E-state index contributed by atoms with van der Waals surface area (Å²) in [6.07, 6.45) is 9.34. The summed E-state index contributed by atoms with van der Waals surface area (Å²) >= 11 is 0. The molecule has 0 saturated heterocycles. The average molecular weight is 378 g/mol. The van der Waals surface area contributed by atoms with Crippen LogP contribution in [0.2, 0.25) is 0 Å². The Morgan fingerprint density at radius 3 is 2.52 bits per heavy atom. The number of carbonyl (C=O) groups is 3. The molecule has 2 aliphatic rings. The fourth-order valence-electron chi connectivity index (χ4n) is 3.32. The maximum absolute atomic E-state index is 12.4. The summed E-state index contributed by atoms with van der Waals surface area (Å²) in [4.78, 5) is 37.3. The molecule has 7 nitrogen and oxygen atoms in total. The molecule has 0 aromatic carbocycles. The molecule has 2 N–H and O–H groups in total. The number of amides is 2. The average Bonchev–Trinajstić information content (AvgIpc) is 2.95. The molecule has 0 radical (unpaired) electrons. The second-order valence-corrected chi connectivity index (χ2v) is 8.12. The van der Waals surface area contributed by atoms with E-state index in [9.17, 15) is 19.5 Å². The predicted molar refractivity (Wildman–Crippen MR) is 101 cm³/mol. The van der Waals surface area contributed by atoms with Crippen LogP contribution >= 0.6 is 0 Å². The van der Waals surface area contributed by atoms with Crippen LogP contribution in [0, 0.1) is 0 Å². The smallest absolute Gasteiger partial charge is 0.411 e. The molecule has 7 heteroatoms. The first-order chi connectivity index (χ1) is 12.7. The Balaban J connectivity index is 1.99. The zero-order valence-electron chi connectivity index (χ0n) is 16.4. The fraction of sp³-hybridized carbons (Fsp3) is 0.650. The molecule has 27 heavy (non-hydrogen) atoms. The topological polar surface area (TPSA) is 95.9 Å². The Hall–Kier alpha value is -2.31. The van der Waals surface area contributed by atoms with Gasteiger partial charge in [-0.05, 0) is 52.0 Å². The second kappa shape index (κ2) is 9.06. The lowest BCUT2D eigenvalue weighted by Gasteiger charge is -2.30. The van der Waals surface area contributed by atoms with E-state index in [1.165, 1.54) is 11.0 Å². The number of carboxylic acids is 1. The van der Waals surface area contributed by atoms with Gasteiger partial charge in [-0.25, -0.2) is 9.59 Å². The number of nitrogens with zero attached hydrogens (tertiary/aromatic N) is 1. The lowest BCUT2D eigenvalue weighted by Crippen LogP contribution is -2.46. The number of carbonyl (C=O) groups excluding carboxylic acids is 2. The van der Waals surface area contributed by atoms with Crippen LogP contribution in [0.15, 0.2) is 23.8 Å². The van der Waals surface area contributed by atoms with E-state index in [0.29, 0.717) is 6.42 Å². The summed E-state index contributed by atoms with van der Waals surface area (Å²) in [5.41, 5.74) is 0.148. The Morgan fingerprint density at radius 2 is 1.93 bits per heavy atom. The summed E-state index contributed by atoms with van der Waals surface area (Å²) < 4.78 is 5.34. The maximum atomic E-state index is 12.4. The molecule has 0 spiro atoms. The Kier molecular flexibility index (Phi) is 7.05. The van der Waals surface area contributed by atoms with Crippen LogP contribution in [0.3, 0.4) is 0 Å². The van der Waals surface area contributed by atoms with Gasteiger partial charge in [-0.3, -0.25) is 9.69 Å². The van der Waals surface area contributed by atoms with E-state index in [1.54, 1.807) is 32.9 Å². The highest BCUT2D eigenvalue weighted by atomic mass is 16.6. The second-order valence-electron chi connectivity index (χ2n) is 8.12. The molecule has 0 aromatic heterocycles. The standard InChI is InChI=1S/C20H30N2O5/c1-20(2,3)27-19(26)22-13-12-14(8-10-16(22)18(24)25)9-11-17(23)21-15-6-4-5-7-15/h8-9,11,15-16H,4-7,10,12-13H2,1-3H3,(H,21,23)(H,24,25)/t16-/m0/s1. The van der Waals surface area contributed by atoms with Gasteiger partial charge in [0, 0.05) is 18.7 Å². The molecule has 0 aromatic rings. The van der Waals surface area contributed by atoms with Crippen LogP contribution in [0.25, 0.3) is 0 Å². The van der Waals surface area contributed by atoms with Gasteiger partial charge in [-0.2, -0.15) is 0 Å². The first-order valence-electron chi connectivity index (χ1n) is 9.56. The van der Waals surface area contributed by atoms with Gasteiger partial charge in [-0.15, -0.1) is 0 Å². The normalized spacial score (nSPS) is 21.7. The molecule has 150 valence electrons. The summed E-state index contributed by atoms with van der Waals surface area (Å²) in [6, 6.07) is -0.720. The van der Waals surface area contributed by atoms with Crippen molar-refractivity contribution in [2.75, 3.05) is 6.54 Å². The van der Waals surface area contributed by atoms with Crippen molar-refractivity contribution < 1.29 is 24.2 Å². The molecule has 1 fully saturated rings. The highest BCUT2D eigenvalue weighted by Gasteiger charge is 2.33. The Labute approximate surface area is 160 Å². The molecule has 2 amide bonds. The summed E-state index contributed by atoms with van der Waals surface area (Å²) in [7, 11) is 0. The monoisotopic (exact) mass is 378 g/mol. The van der Waals surface area contributed by atoms with Crippen molar-refractivity contribution in [2.24, 2.45) is 0 Å². The van der Waals surface area contributed by atoms with Crippen molar-refractivity contribution in [3.8, 4) is 0 Å². The summed E-state index contributed by atoms with van der Waals surface area (Å²) in [5.74, 6) is -1.20. The van der Waals surface area contributed by atoms with Gasteiger partial charge in [0.1, 0.15) is 11.6 Å². The molecular formula is C20H30N2O5. The quantitative estimate of drug-likeness (QED) is 0.733. The maximum Gasteiger partial charge on any atom is 0.411 e.